The van der Waals surface area contributed by atoms with Gasteiger partial charge in [-0.05, 0) is 51.4 Å². The van der Waals surface area contributed by atoms with Crippen LogP contribution in [-0.4, -0.2) is 49.3 Å². The molecule has 0 saturated carbocycles. The first-order valence-corrected chi connectivity index (χ1v) is 40.5. The quantitative estimate of drug-likeness (QED) is 0.0264. The van der Waals surface area contributed by atoms with Gasteiger partial charge in [0, 0.05) is 19.4 Å². The Balaban J connectivity index is 3.75. The highest BCUT2D eigenvalue weighted by Gasteiger charge is 2.26. The zero-order chi connectivity index (χ0) is 63.7. The number of carbonyl (C=O) groups is 2. The number of hydrogen-bond acceptors (Lipinski definition) is 8. The number of carbonyl (C=O) groups excluding carboxylic acids is 2. The average Bonchev–Trinajstić information content (AvgIpc) is 3.60. The normalized spacial score (nSPS) is 13.0. The number of allylic oxidation sites excluding steroid dienone is 6. The van der Waals surface area contributed by atoms with Crippen LogP contribution >= 0.6 is 7.82 Å². The van der Waals surface area contributed by atoms with Gasteiger partial charge in [-0.2, -0.15) is 0 Å². The van der Waals surface area contributed by atoms with Crippen LogP contribution in [0.3, 0.4) is 0 Å². The number of unbranched alkanes of at least 4 members (excludes halogenated alkanes) is 56. The molecule has 0 aromatic rings. The molecule has 0 bridgehead atoms. The second-order valence-corrected chi connectivity index (χ2v) is 28.0. The minimum Gasteiger partial charge on any atom is -0.462 e. The van der Waals surface area contributed by atoms with Crippen molar-refractivity contribution < 1.29 is 37.6 Å². The molecule has 0 saturated heterocycles. The highest BCUT2D eigenvalue weighted by molar-refractivity contribution is 7.47. The summed E-state index contributed by atoms with van der Waals surface area (Å²) in [6.45, 7) is 3.81. The minimum absolute atomic E-state index is 0.0554. The Bertz CT molecular complexity index is 1540. The van der Waals surface area contributed by atoms with Gasteiger partial charge in [0.15, 0.2) is 6.10 Å². The fourth-order valence-corrected chi connectivity index (χ4v) is 12.8. The molecule has 2 atom stereocenters. The maximum Gasteiger partial charge on any atom is 0.472 e. The third-order valence-corrected chi connectivity index (χ3v) is 18.8. The number of esters is 2. The molecule has 88 heavy (non-hydrogen) atoms. The van der Waals surface area contributed by atoms with Gasteiger partial charge >= 0.3 is 19.8 Å². The molecule has 0 aromatic heterocycles. The smallest absolute Gasteiger partial charge is 0.462 e. The number of hydrogen-bond donors (Lipinski definition) is 2. The van der Waals surface area contributed by atoms with Crippen molar-refractivity contribution in [3.63, 3.8) is 0 Å². The first-order valence-electron chi connectivity index (χ1n) is 39.0. The number of ether oxygens (including phenoxy) is 2. The molecule has 0 aromatic carbocycles. The maximum atomic E-state index is 12.8. The Kier molecular flexibility index (Phi) is 72.8. The topological polar surface area (TPSA) is 134 Å². The van der Waals surface area contributed by atoms with E-state index in [9.17, 15) is 19.0 Å². The van der Waals surface area contributed by atoms with Crippen LogP contribution in [0.2, 0.25) is 0 Å². The van der Waals surface area contributed by atoms with Crippen molar-refractivity contribution in [2.75, 3.05) is 26.4 Å². The Morgan fingerprint density at radius 2 is 0.591 bits per heavy atom. The molecule has 0 radical (unpaired) electrons. The monoisotopic (exact) mass is 1260 g/mol. The number of phosphoric acid groups is 1. The van der Waals surface area contributed by atoms with Crippen LogP contribution in [0.4, 0.5) is 0 Å². The van der Waals surface area contributed by atoms with E-state index in [2.05, 4.69) is 50.3 Å². The van der Waals surface area contributed by atoms with Gasteiger partial charge in [0.25, 0.3) is 0 Å². The molecule has 2 unspecified atom stereocenters. The Morgan fingerprint density at radius 3 is 0.875 bits per heavy atom. The van der Waals surface area contributed by atoms with E-state index < -0.39 is 26.5 Å². The second kappa shape index (κ2) is 74.3. The van der Waals surface area contributed by atoms with Gasteiger partial charge in [0.1, 0.15) is 6.61 Å². The van der Waals surface area contributed by atoms with E-state index >= 15 is 0 Å². The van der Waals surface area contributed by atoms with E-state index in [-0.39, 0.29) is 38.6 Å². The highest BCUT2D eigenvalue weighted by Crippen LogP contribution is 2.43. The van der Waals surface area contributed by atoms with Crippen LogP contribution in [-0.2, 0) is 32.7 Å². The zero-order valence-corrected chi connectivity index (χ0v) is 59.6. The van der Waals surface area contributed by atoms with Crippen molar-refractivity contribution >= 4 is 19.8 Å². The maximum absolute atomic E-state index is 12.8. The van der Waals surface area contributed by atoms with Crippen molar-refractivity contribution in [3.05, 3.63) is 36.5 Å². The van der Waals surface area contributed by atoms with E-state index in [1.165, 1.54) is 334 Å². The summed E-state index contributed by atoms with van der Waals surface area (Å²) in [6.07, 6.45) is 94.3. The van der Waals surface area contributed by atoms with E-state index in [0.29, 0.717) is 6.42 Å². The largest absolute Gasteiger partial charge is 0.472 e. The lowest BCUT2D eigenvalue weighted by Gasteiger charge is -2.19. The summed E-state index contributed by atoms with van der Waals surface area (Å²) in [5.74, 6) is -0.805. The van der Waals surface area contributed by atoms with Gasteiger partial charge in [-0.1, -0.05) is 391 Å². The summed E-state index contributed by atoms with van der Waals surface area (Å²) < 4.78 is 33.2. The Labute approximate surface area is 547 Å². The molecular weight excluding hydrogens is 1110 g/mol. The molecule has 0 fully saturated rings. The number of rotatable bonds is 75. The van der Waals surface area contributed by atoms with E-state index in [1.807, 2.05) is 0 Å². The number of nitrogens with two attached hydrogens (primary N) is 1. The summed E-state index contributed by atoms with van der Waals surface area (Å²) in [5, 5.41) is 0. The highest BCUT2D eigenvalue weighted by atomic mass is 31.2. The standard InChI is InChI=1S/C78H150NO8P/c1-3-5-7-9-11-13-15-17-19-21-23-25-27-29-31-33-34-35-36-37-38-39-40-41-43-44-46-48-50-52-54-56-58-60-62-64-66-68-70-77(80)84-74-76(75-86-88(82,83)85-73-72-79)87-78(81)71-69-67-65-63-61-59-57-55-53-51-49-47-45-42-32-30-28-26-24-22-20-18-16-14-12-10-8-6-4-2/h16,18,22,24,28,30,76H,3-15,17,19-21,23,25-27,29,31-75,79H2,1-2H3,(H,82,83)/b18-16-,24-22-,30-28-. The molecule has 9 nitrogen and oxygen atoms in total. The fraction of sp³-hybridized carbons (Fsp3) is 0.897. The van der Waals surface area contributed by atoms with Crippen molar-refractivity contribution in [3.8, 4) is 0 Å². The molecule has 0 aliphatic carbocycles. The van der Waals surface area contributed by atoms with Gasteiger partial charge in [0.2, 0.25) is 0 Å². The van der Waals surface area contributed by atoms with Crippen LogP contribution < -0.4 is 5.73 Å². The third kappa shape index (κ3) is 73.3. The molecule has 0 spiro atoms. The average molecular weight is 1260 g/mol. The predicted molar refractivity (Wildman–Crippen MR) is 381 cm³/mol. The first kappa shape index (κ1) is 86.2. The van der Waals surface area contributed by atoms with Crippen molar-refractivity contribution in [2.24, 2.45) is 5.73 Å². The second-order valence-electron chi connectivity index (χ2n) is 26.6. The van der Waals surface area contributed by atoms with Crippen molar-refractivity contribution in [1.29, 1.82) is 0 Å². The lowest BCUT2D eigenvalue weighted by molar-refractivity contribution is -0.161. The lowest BCUT2D eigenvalue weighted by atomic mass is 10.0. The molecule has 0 amide bonds. The molecule has 10 heteroatoms. The number of phosphoric ester groups is 1. The van der Waals surface area contributed by atoms with Crippen LogP contribution in [0.1, 0.15) is 418 Å². The summed E-state index contributed by atoms with van der Waals surface area (Å²) in [4.78, 5) is 35.4. The predicted octanol–water partition coefficient (Wildman–Crippen LogP) is 25.8. The molecule has 0 heterocycles. The molecule has 0 aliphatic heterocycles. The van der Waals surface area contributed by atoms with Gasteiger partial charge in [-0.3, -0.25) is 18.6 Å². The van der Waals surface area contributed by atoms with Crippen LogP contribution in [0, 0.1) is 0 Å². The van der Waals surface area contributed by atoms with E-state index in [1.54, 1.807) is 0 Å². The van der Waals surface area contributed by atoms with Crippen molar-refractivity contribution in [1.82, 2.24) is 0 Å². The van der Waals surface area contributed by atoms with Crippen LogP contribution in [0.5, 0.6) is 0 Å². The lowest BCUT2D eigenvalue weighted by Crippen LogP contribution is -2.29. The summed E-state index contributed by atoms with van der Waals surface area (Å²) >= 11 is 0. The molecular formula is C78H150NO8P. The molecule has 3 N–H and O–H groups in total. The van der Waals surface area contributed by atoms with Crippen molar-refractivity contribution in [2.45, 2.75) is 424 Å². The van der Waals surface area contributed by atoms with Crippen LogP contribution in [0.15, 0.2) is 36.5 Å². The van der Waals surface area contributed by atoms with Gasteiger partial charge < -0.3 is 20.1 Å². The van der Waals surface area contributed by atoms with Gasteiger partial charge in [-0.15, -0.1) is 0 Å². The Morgan fingerprint density at radius 1 is 0.341 bits per heavy atom. The first-order chi connectivity index (χ1) is 43.3. The summed E-state index contributed by atoms with van der Waals surface area (Å²) in [6, 6.07) is 0. The van der Waals surface area contributed by atoms with Gasteiger partial charge in [-0.25, -0.2) is 4.57 Å². The minimum atomic E-state index is -4.39. The van der Waals surface area contributed by atoms with Gasteiger partial charge in [0.05, 0.1) is 13.2 Å². The SMILES string of the molecule is CCCCCCC/C=C\C/C=C\C/C=C\CCCCCCCCCCCCCCCCC(=O)OC(COC(=O)CCCCCCCCCCCCCCCCCCCCCCCCCCCCCCCCCCCCCCCC)COP(=O)(O)OCCN. The molecule has 520 valence electrons. The molecule has 0 aliphatic rings. The van der Waals surface area contributed by atoms with E-state index in [0.717, 1.165) is 51.4 Å². The van der Waals surface area contributed by atoms with E-state index in [4.69, 9.17) is 24.3 Å². The third-order valence-electron chi connectivity index (χ3n) is 17.8. The fourth-order valence-electron chi connectivity index (χ4n) is 12.0. The Hall–Kier alpha value is -1.77. The summed E-state index contributed by atoms with van der Waals surface area (Å²) in [5.41, 5.74) is 5.41. The molecule has 0 rings (SSSR count). The zero-order valence-electron chi connectivity index (χ0n) is 58.7. The van der Waals surface area contributed by atoms with Crippen LogP contribution in [0.25, 0.3) is 0 Å². The summed E-state index contributed by atoms with van der Waals surface area (Å²) in [7, 11) is -4.39.